The van der Waals surface area contributed by atoms with Crippen LogP contribution in [0.4, 0.5) is 11.8 Å². The second-order valence-electron chi connectivity index (χ2n) is 8.49. The minimum absolute atomic E-state index is 0.0890. The zero-order valence-corrected chi connectivity index (χ0v) is 19.8. The fourth-order valence-electron chi connectivity index (χ4n) is 4.54. The van der Waals surface area contributed by atoms with Crippen molar-refractivity contribution in [3.63, 3.8) is 0 Å². The number of nitrogens with zero attached hydrogens (tertiary/aromatic N) is 4. The second kappa shape index (κ2) is 10.1. The van der Waals surface area contributed by atoms with E-state index in [0.717, 1.165) is 38.3 Å². The summed E-state index contributed by atoms with van der Waals surface area (Å²) in [6.45, 7) is 7.10. The normalized spacial score (nSPS) is 21.1. The van der Waals surface area contributed by atoms with Crippen molar-refractivity contribution in [1.82, 2.24) is 14.9 Å². The number of aliphatic hydroxyl groups excluding tert-OH is 1. The molecular formula is C22H28Cl3N5O. The number of nitrogens with one attached hydrogen (secondary N) is 1. The maximum Gasteiger partial charge on any atom is 0.227 e. The first-order valence-electron chi connectivity index (χ1n) is 10.8. The smallest absolute Gasteiger partial charge is 0.227 e. The number of hydrogen-bond acceptors (Lipinski definition) is 6. The van der Waals surface area contributed by atoms with Crippen LogP contribution in [0.5, 0.6) is 0 Å². The first kappa shape index (κ1) is 22.9. The monoisotopic (exact) mass is 483 g/mol. The van der Waals surface area contributed by atoms with E-state index in [2.05, 4.69) is 20.1 Å². The molecular weight excluding hydrogens is 457 g/mol. The minimum atomic E-state index is -0.0890. The number of anilines is 2. The lowest BCUT2D eigenvalue weighted by Crippen LogP contribution is -2.54. The standard InChI is InChI=1S/C22H28Cl3N5O/c1-14(18-5-4-17(23)9-19(18)24)27-21-20(25)10-26-22(28-21)30-12-16(13-30)15-3-2-6-29(11-15)7-8-31/h4-5,9-10,14-16,31H,2-3,6-8,11-13H2,1H3,(H,26,27,28)/t14-,15?/m1/s1. The molecule has 168 valence electrons. The summed E-state index contributed by atoms with van der Waals surface area (Å²) in [5, 5.41) is 14.3. The highest BCUT2D eigenvalue weighted by Crippen LogP contribution is 2.35. The van der Waals surface area contributed by atoms with Gasteiger partial charge >= 0.3 is 0 Å². The van der Waals surface area contributed by atoms with Gasteiger partial charge in [-0.1, -0.05) is 40.9 Å². The van der Waals surface area contributed by atoms with Gasteiger partial charge in [-0.05, 0) is 55.8 Å². The molecule has 0 saturated carbocycles. The lowest BCUT2D eigenvalue weighted by molar-refractivity contribution is 0.101. The van der Waals surface area contributed by atoms with Crippen molar-refractivity contribution in [2.24, 2.45) is 11.8 Å². The summed E-state index contributed by atoms with van der Waals surface area (Å²) in [6.07, 6.45) is 4.12. The van der Waals surface area contributed by atoms with Crippen LogP contribution < -0.4 is 10.2 Å². The molecule has 2 N–H and O–H groups in total. The molecule has 0 radical (unpaired) electrons. The van der Waals surface area contributed by atoms with Gasteiger partial charge in [-0.2, -0.15) is 4.98 Å². The van der Waals surface area contributed by atoms with E-state index in [4.69, 9.17) is 39.8 Å². The van der Waals surface area contributed by atoms with E-state index in [1.54, 1.807) is 12.3 Å². The van der Waals surface area contributed by atoms with E-state index >= 15 is 0 Å². The number of aromatic nitrogens is 2. The predicted molar refractivity (Wildman–Crippen MR) is 127 cm³/mol. The van der Waals surface area contributed by atoms with Gasteiger partial charge in [-0.25, -0.2) is 4.98 Å². The highest BCUT2D eigenvalue weighted by atomic mass is 35.5. The molecule has 0 aliphatic carbocycles. The van der Waals surface area contributed by atoms with E-state index < -0.39 is 0 Å². The Morgan fingerprint density at radius 3 is 2.71 bits per heavy atom. The van der Waals surface area contributed by atoms with Gasteiger partial charge in [0.1, 0.15) is 5.02 Å². The molecule has 3 heterocycles. The summed E-state index contributed by atoms with van der Waals surface area (Å²) in [6, 6.07) is 5.37. The van der Waals surface area contributed by atoms with Gasteiger partial charge in [0.25, 0.3) is 0 Å². The number of benzene rings is 1. The number of hydrogen-bond donors (Lipinski definition) is 2. The molecule has 2 aromatic rings. The minimum Gasteiger partial charge on any atom is -0.395 e. The summed E-state index contributed by atoms with van der Waals surface area (Å²) in [4.78, 5) is 13.7. The summed E-state index contributed by atoms with van der Waals surface area (Å²) in [5.41, 5.74) is 0.927. The van der Waals surface area contributed by atoms with Crippen molar-refractivity contribution in [3.05, 3.63) is 45.0 Å². The first-order valence-corrected chi connectivity index (χ1v) is 11.9. The quantitative estimate of drug-likeness (QED) is 0.591. The Morgan fingerprint density at radius 1 is 1.16 bits per heavy atom. The zero-order valence-electron chi connectivity index (χ0n) is 17.6. The fraction of sp³-hybridized carbons (Fsp3) is 0.545. The molecule has 6 nitrogen and oxygen atoms in total. The van der Waals surface area contributed by atoms with Crippen LogP contribution in [0.2, 0.25) is 15.1 Å². The molecule has 2 saturated heterocycles. The molecule has 0 bridgehead atoms. The van der Waals surface area contributed by atoms with Crippen molar-refractivity contribution in [1.29, 1.82) is 0 Å². The van der Waals surface area contributed by atoms with Crippen LogP contribution in [0.15, 0.2) is 24.4 Å². The van der Waals surface area contributed by atoms with E-state index in [1.165, 1.54) is 12.8 Å². The summed E-state index contributed by atoms with van der Waals surface area (Å²) >= 11 is 18.7. The SMILES string of the molecule is C[C@@H](Nc1nc(N2CC(C3CCCN(CCO)C3)C2)ncc1Cl)c1ccc(Cl)cc1Cl. The van der Waals surface area contributed by atoms with Gasteiger partial charge in [-0.3, -0.25) is 0 Å². The molecule has 2 fully saturated rings. The van der Waals surface area contributed by atoms with E-state index in [-0.39, 0.29) is 12.6 Å². The Labute approximate surface area is 198 Å². The molecule has 0 spiro atoms. The van der Waals surface area contributed by atoms with Crippen LogP contribution in [0, 0.1) is 11.8 Å². The summed E-state index contributed by atoms with van der Waals surface area (Å²) in [5.74, 6) is 2.61. The predicted octanol–water partition coefficient (Wildman–Crippen LogP) is 4.75. The number of piperidine rings is 1. The van der Waals surface area contributed by atoms with Crippen LogP contribution in [-0.2, 0) is 0 Å². The maximum atomic E-state index is 9.22. The van der Waals surface area contributed by atoms with Gasteiger partial charge in [-0.15, -0.1) is 0 Å². The number of halogens is 3. The van der Waals surface area contributed by atoms with E-state index in [0.29, 0.717) is 38.7 Å². The van der Waals surface area contributed by atoms with Crippen LogP contribution in [0.3, 0.4) is 0 Å². The summed E-state index contributed by atoms with van der Waals surface area (Å²) in [7, 11) is 0. The van der Waals surface area contributed by atoms with Crippen molar-refractivity contribution in [2.75, 3.05) is 49.5 Å². The summed E-state index contributed by atoms with van der Waals surface area (Å²) < 4.78 is 0. The molecule has 0 amide bonds. The van der Waals surface area contributed by atoms with Crippen LogP contribution in [-0.4, -0.2) is 59.3 Å². The number of likely N-dealkylation sites (tertiary alicyclic amines) is 1. The first-order chi connectivity index (χ1) is 14.9. The number of β-amino-alcohol motifs (C(OH)–C–C–N with tert-alkyl or cyclic N) is 1. The number of aliphatic hydroxyl groups is 1. The Hall–Kier alpha value is -1.31. The third-order valence-corrected chi connectivity index (χ3v) is 7.17. The molecule has 1 unspecified atom stereocenters. The highest BCUT2D eigenvalue weighted by Gasteiger charge is 2.37. The lowest BCUT2D eigenvalue weighted by Gasteiger charge is -2.46. The fourth-order valence-corrected chi connectivity index (χ4v) is 5.26. The third-order valence-electron chi connectivity index (χ3n) is 6.33. The van der Waals surface area contributed by atoms with Crippen LogP contribution in [0.25, 0.3) is 0 Å². The largest absolute Gasteiger partial charge is 0.395 e. The Balaban J connectivity index is 1.38. The Bertz CT molecular complexity index is 907. The van der Waals surface area contributed by atoms with Gasteiger partial charge < -0.3 is 20.2 Å². The van der Waals surface area contributed by atoms with Crippen molar-refractivity contribution < 1.29 is 5.11 Å². The molecule has 2 atom stereocenters. The van der Waals surface area contributed by atoms with Crippen molar-refractivity contribution in [3.8, 4) is 0 Å². The number of rotatable bonds is 7. The van der Waals surface area contributed by atoms with Crippen molar-refractivity contribution >= 4 is 46.6 Å². The molecule has 1 aromatic heterocycles. The van der Waals surface area contributed by atoms with Gasteiger partial charge in [0, 0.05) is 36.2 Å². The molecule has 9 heteroatoms. The maximum absolute atomic E-state index is 9.22. The Morgan fingerprint density at radius 2 is 1.97 bits per heavy atom. The van der Waals surface area contributed by atoms with Gasteiger partial charge in [0.2, 0.25) is 5.95 Å². The van der Waals surface area contributed by atoms with E-state index in [1.807, 2.05) is 19.1 Å². The highest BCUT2D eigenvalue weighted by molar-refractivity contribution is 6.35. The molecule has 1 aromatic carbocycles. The molecule has 31 heavy (non-hydrogen) atoms. The second-order valence-corrected chi connectivity index (χ2v) is 9.74. The van der Waals surface area contributed by atoms with Crippen molar-refractivity contribution in [2.45, 2.75) is 25.8 Å². The lowest BCUT2D eigenvalue weighted by atomic mass is 9.81. The van der Waals surface area contributed by atoms with E-state index in [9.17, 15) is 5.11 Å². The van der Waals surface area contributed by atoms with Gasteiger partial charge in [0.15, 0.2) is 5.82 Å². The topological polar surface area (TPSA) is 64.5 Å². The van der Waals surface area contributed by atoms with Crippen LogP contribution >= 0.6 is 34.8 Å². The van der Waals surface area contributed by atoms with Crippen LogP contribution in [0.1, 0.15) is 31.4 Å². The zero-order chi connectivity index (χ0) is 22.0. The average molecular weight is 485 g/mol. The Kier molecular flexibility index (Phi) is 7.44. The average Bonchev–Trinajstić information content (AvgIpc) is 2.70. The third kappa shape index (κ3) is 5.37. The molecule has 4 rings (SSSR count). The molecule has 2 aliphatic heterocycles. The van der Waals surface area contributed by atoms with Gasteiger partial charge in [0.05, 0.1) is 18.8 Å². The molecule has 2 aliphatic rings.